The van der Waals surface area contributed by atoms with Gasteiger partial charge < -0.3 is 30.1 Å². The largest absolute Gasteiger partial charge is 0.506 e. The molecule has 236 valence electrons. The van der Waals surface area contributed by atoms with E-state index in [2.05, 4.69) is 62.7 Å². The minimum Gasteiger partial charge on any atom is -0.506 e. The van der Waals surface area contributed by atoms with Crippen LogP contribution in [-0.4, -0.2) is 72.4 Å². The molecule has 10 heteroatoms. The number of hydrogen-bond donors (Lipinski definition) is 4. The molecule has 0 unspecified atom stereocenters. The molecule has 2 aliphatic rings. The van der Waals surface area contributed by atoms with E-state index in [1.165, 1.54) is 36.0 Å². The second-order valence-corrected chi connectivity index (χ2v) is 11.6. The van der Waals surface area contributed by atoms with E-state index in [0.29, 0.717) is 63.2 Å². The number of phenolic OH excluding ortho intramolecular Hbond substituents is 1. The van der Waals surface area contributed by atoms with E-state index in [1.807, 2.05) is 12.3 Å². The number of aromatic nitrogens is 2. The van der Waals surface area contributed by atoms with Crippen LogP contribution in [-0.2, 0) is 33.7 Å². The number of H-pyrrole nitrogens is 1. The zero-order valence-electron chi connectivity index (χ0n) is 25.8. The van der Waals surface area contributed by atoms with E-state index >= 15 is 0 Å². The first-order valence-electron chi connectivity index (χ1n) is 16.0. The van der Waals surface area contributed by atoms with Gasteiger partial charge in [0.1, 0.15) is 11.4 Å². The summed E-state index contributed by atoms with van der Waals surface area (Å²) < 4.78 is 13.6. The predicted molar refractivity (Wildman–Crippen MR) is 169 cm³/mol. The molecule has 44 heavy (non-hydrogen) atoms. The average molecular weight is 605 g/mol. The number of nitrogens with one attached hydrogen (secondary N) is 3. The Morgan fingerprint density at radius 1 is 1.11 bits per heavy atom. The number of rotatable bonds is 15. The maximum atomic E-state index is 13.3. The molecule has 0 bridgehead atoms. The second kappa shape index (κ2) is 15.7. The third-order valence-electron chi connectivity index (χ3n) is 8.54. The van der Waals surface area contributed by atoms with Crippen LogP contribution in [0.1, 0.15) is 56.6 Å². The second-order valence-electron chi connectivity index (χ2n) is 11.6. The van der Waals surface area contributed by atoms with Crippen LogP contribution in [0.3, 0.4) is 0 Å². The van der Waals surface area contributed by atoms with Crippen molar-refractivity contribution >= 4 is 17.5 Å². The Morgan fingerprint density at radius 3 is 2.80 bits per heavy atom. The van der Waals surface area contributed by atoms with Crippen LogP contribution in [0, 0.1) is 0 Å². The number of aromatic amines is 1. The molecule has 1 aliphatic carbocycles. The van der Waals surface area contributed by atoms with E-state index in [1.54, 1.807) is 6.07 Å². The predicted octanol–water partition coefficient (Wildman–Crippen LogP) is 3.97. The molecule has 1 saturated carbocycles. The number of carbonyl (C=O) groups is 2. The van der Waals surface area contributed by atoms with Gasteiger partial charge in [-0.15, -0.1) is 4.68 Å². The van der Waals surface area contributed by atoms with Gasteiger partial charge in [-0.25, -0.2) is 0 Å². The van der Waals surface area contributed by atoms with E-state index in [-0.39, 0.29) is 24.2 Å². The first-order valence-corrected chi connectivity index (χ1v) is 16.0. The third-order valence-corrected chi connectivity index (χ3v) is 8.54. The highest BCUT2D eigenvalue weighted by Gasteiger charge is 2.25. The van der Waals surface area contributed by atoms with Crippen molar-refractivity contribution in [3.63, 3.8) is 0 Å². The number of phenols is 1. The summed E-state index contributed by atoms with van der Waals surface area (Å²) in [4.78, 5) is 27.1. The Labute approximate surface area is 259 Å². The lowest BCUT2D eigenvalue weighted by molar-refractivity contribution is -0.746. The number of anilines is 1. The van der Waals surface area contributed by atoms with Crippen molar-refractivity contribution in [2.24, 2.45) is 0 Å². The number of amides is 2. The number of benzene rings is 2. The molecule has 0 spiro atoms. The minimum atomic E-state index is -0.274. The van der Waals surface area contributed by atoms with Crippen molar-refractivity contribution in [3.05, 3.63) is 59.9 Å². The zero-order chi connectivity index (χ0) is 30.7. The molecule has 4 N–H and O–H groups in total. The maximum Gasteiger partial charge on any atom is 0.262 e. The quantitative estimate of drug-likeness (QED) is 0.118. The van der Waals surface area contributed by atoms with Gasteiger partial charge >= 0.3 is 0 Å². The van der Waals surface area contributed by atoms with Gasteiger partial charge in [0.25, 0.3) is 5.91 Å². The van der Waals surface area contributed by atoms with Gasteiger partial charge in [0.05, 0.1) is 31.4 Å². The summed E-state index contributed by atoms with van der Waals surface area (Å²) in [5.74, 6) is 0.420. The lowest BCUT2D eigenvalue weighted by Crippen LogP contribution is -2.45. The number of hydrogen-bond acceptors (Lipinski definition) is 6. The molecule has 0 saturated heterocycles. The number of fused-ring (bicyclic) bond motifs is 1. The van der Waals surface area contributed by atoms with Crippen molar-refractivity contribution < 1.29 is 28.9 Å². The molecule has 1 fully saturated rings. The van der Waals surface area contributed by atoms with Gasteiger partial charge in [-0.3, -0.25) is 9.59 Å². The highest BCUT2D eigenvalue weighted by molar-refractivity contribution is 5.97. The zero-order valence-corrected chi connectivity index (χ0v) is 25.8. The SMILES string of the molecule is CC[n+]1cc(-c2cccc(CCOCCC(=O)N(CCNCCc3ccc(O)c4c3OCC(=O)N4)C3CCCCC3)c2)c[nH]1. The van der Waals surface area contributed by atoms with Crippen molar-refractivity contribution in [2.45, 2.75) is 70.9 Å². The summed E-state index contributed by atoms with van der Waals surface area (Å²) in [5.41, 5.74) is 4.83. The molecule has 0 atom stereocenters. The van der Waals surface area contributed by atoms with Gasteiger partial charge in [-0.1, -0.05) is 49.6 Å². The highest BCUT2D eigenvalue weighted by atomic mass is 16.5. The summed E-state index contributed by atoms with van der Waals surface area (Å²) in [6.45, 7) is 6.00. The van der Waals surface area contributed by atoms with Gasteiger partial charge in [0.2, 0.25) is 12.1 Å². The Bertz CT molecular complexity index is 1400. The molecule has 1 aliphatic heterocycles. The molecular formula is C34H46N5O5+. The lowest BCUT2D eigenvalue weighted by atomic mass is 9.94. The Morgan fingerprint density at radius 2 is 1.98 bits per heavy atom. The van der Waals surface area contributed by atoms with Crippen LogP contribution in [0.25, 0.3) is 11.1 Å². The summed E-state index contributed by atoms with van der Waals surface area (Å²) in [6, 6.07) is 12.2. The summed E-state index contributed by atoms with van der Waals surface area (Å²) in [7, 11) is 0. The van der Waals surface area contributed by atoms with Crippen LogP contribution in [0.2, 0.25) is 0 Å². The standard InChI is InChI=1S/C34H45N5O5/c1-2-38-23-28(22-36-38)27-8-6-7-25(21-27)14-19-43-20-15-32(42)39(29-9-4-3-5-10-29)18-17-35-16-13-26-11-12-30(40)33-34(26)44-24-31(41)37-33/h6-8,11-12,21-23,29,35H,2-5,9-10,13-20,24H2,1H3,(H2,37,40,41)/p+1. The fourth-order valence-electron chi connectivity index (χ4n) is 6.10. The van der Waals surface area contributed by atoms with Crippen molar-refractivity contribution in [3.8, 4) is 22.6 Å². The first-order chi connectivity index (χ1) is 21.5. The molecule has 2 aromatic carbocycles. The lowest BCUT2D eigenvalue weighted by Gasteiger charge is -2.34. The first kappa shape index (κ1) is 31.5. The van der Waals surface area contributed by atoms with Crippen LogP contribution in [0.5, 0.6) is 11.5 Å². The van der Waals surface area contributed by atoms with Crippen LogP contribution >= 0.6 is 0 Å². The highest BCUT2D eigenvalue weighted by Crippen LogP contribution is 2.39. The molecule has 2 amide bonds. The Balaban J connectivity index is 1.05. The fourth-order valence-corrected chi connectivity index (χ4v) is 6.10. The number of carbonyl (C=O) groups excluding carboxylic acids is 2. The average Bonchev–Trinajstić information content (AvgIpc) is 3.54. The number of aryl methyl sites for hydroxylation is 1. The van der Waals surface area contributed by atoms with E-state index in [4.69, 9.17) is 9.47 Å². The van der Waals surface area contributed by atoms with E-state index in [9.17, 15) is 14.7 Å². The number of aromatic hydroxyl groups is 1. The number of ether oxygens (including phenoxy) is 2. The van der Waals surface area contributed by atoms with Crippen molar-refractivity contribution in [2.75, 3.05) is 44.8 Å². The van der Waals surface area contributed by atoms with Gasteiger partial charge in [0, 0.05) is 19.1 Å². The topological polar surface area (TPSA) is 120 Å². The Hall–Kier alpha value is -3.89. The Kier molecular flexibility index (Phi) is 11.3. The van der Waals surface area contributed by atoms with Gasteiger partial charge in [-0.05, 0) is 61.9 Å². The molecule has 3 aromatic rings. The van der Waals surface area contributed by atoms with Crippen molar-refractivity contribution in [1.82, 2.24) is 15.3 Å². The minimum absolute atomic E-state index is 0.00178. The van der Waals surface area contributed by atoms with Gasteiger partial charge in [-0.2, -0.15) is 5.10 Å². The number of nitrogens with zero attached hydrogens (tertiary/aromatic N) is 2. The van der Waals surface area contributed by atoms with Gasteiger partial charge in [0.15, 0.2) is 18.9 Å². The monoisotopic (exact) mass is 604 g/mol. The smallest absolute Gasteiger partial charge is 0.262 e. The maximum absolute atomic E-state index is 13.3. The summed E-state index contributed by atoms with van der Waals surface area (Å²) in [5, 5.41) is 19.5. The molecule has 1 aromatic heterocycles. The normalized spacial score (nSPS) is 15.0. The molecular weight excluding hydrogens is 558 g/mol. The fraction of sp³-hybridized carbons (Fsp3) is 0.500. The van der Waals surface area contributed by atoms with E-state index < -0.39 is 0 Å². The van der Waals surface area contributed by atoms with Crippen LogP contribution < -0.4 is 20.1 Å². The van der Waals surface area contributed by atoms with Crippen molar-refractivity contribution in [1.29, 1.82) is 0 Å². The molecule has 0 radical (unpaired) electrons. The molecule has 2 heterocycles. The molecule has 5 rings (SSSR count). The summed E-state index contributed by atoms with van der Waals surface area (Å²) >= 11 is 0. The molecule has 10 nitrogen and oxygen atoms in total. The summed E-state index contributed by atoms with van der Waals surface area (Å²) in [6.07, 6.45) is 11.7. The van der Waals surface area contributed by atoms with Crippen LogP contribution in [0.4, 0.5) is 5.69 Å². The van der Waals surface area contributed by atoms with Crippen LogP contribution in [0.15, 0.2) is 48.8 Å². The van der Waals surface area contributed by atoms with E-state index in [0.717, 1.165) is 31.4 Å². The third kappa shape index (κ3) is 8.39.